The number of benzene rings is 1. The van der Waals surface area contributed by atoms with Crippen molar-refractivity contribution in [2.45, 2.75) is 26.2 Å². The number of amides is 1. The highest BCUT2D eigenvalue weighted by Gasteiger charge is 2.07. The molecular formula is C12H14INO3. The van der Waals surface area contributed by atoms with Crippen molar-refractivity contribution in [3.8, 4) is 0 Å². The lowest BCUT2D eigenvalue weighted by Gasteiger charge is -2.08. The van der Waals surface area contributed by atoms with E-state index in [9.17, 15) is 9.59 Å². The Morgan fingerprint density at radius 2 is 2.12 bits per heavy atom. The van der Waals surface area contributed by atoms with E-state index in [0.29, 0.717) is 6.42 Å². The van der Waals surface area contributed by atoms with Crippen LogP contribution in [0.15, 0.2) is 18.2 Å². The van der Waals surface area contributed by atoms with Gasteiger partial charge in [0.1, 0.15) is 0 Å². The van der Waals surface area contributed by atoms with Gasteiger partial charge in [-0.05, 0) is 46.7 Å². The highest BCUT2D eigenvalue weighted by atomic mass is 127. The van der Waals surface area contributed by atoms with Gasteiger partial charge in [-0.15, -0.1) is 0 Å². The van der Waals surface area contributed by atoms with Gasteiger partial charge in [0.2, 0.25) is 5.91 Å². The van der Waals surface area contributed by atoms with Crippen LogP contribution in [0.4, 0.5) is 5.69 Å². The quantitative estimate of drug-likeness (QED) is 0.805. The molecule has 0 saturated carbocycles. The number of hydrogen-bond donors (Lipinski definition) is 2. The number of anilines is 1. The van der Waals surface area contributed by atoms with Gasteiger partial charge in [-0.2, -0.15) is 0 Å². The number of carbonyl (C=O) groups excluding carboxylic acids is 1. The van der Waals surface area contributed by atoms with Crippen LogP contribution in [-0.2, 0) is 16.0 Å². The van der Waals surface area contributed by atoms with Gasteiger partial charge >= 0.3 is 5.97 Å². The summed E-state index contributed by atoms with van der Waals surface area (Å²) in [6.45, 7) is 1.94. The third-order valence-corrected chi connectivity index (χ3v) is 3.03. The Morgan fingerprint density at radius 1 is 1.41 bits per heavy atom. The Kier molecular flexibility index (Phi) is 5.40. The summed E-state index contributed by atoms with van der Waals surface area (Å²) in [7, 11) is 0. The molecule has 0 fully saturated rings. The summed E-state index contributed by atoms with van der Waals surface area (Å²) in [5.74, 6) is -0.875. The second-order valence-corrected chi connectivity index (χ2v) is 4.85. The number of hydrogen-bond acceptors (Lipinski definition) is 2. The molecule has 1 rings (SSSR count). The van der Waals surface area contributed by atoms with Crippen molar-refractivity contribution in [1.29, 1.82) is 0 Å². The van der Waals surface area contributed by atoms with Crippen molar-refractivity contribution < 1.29 is 14.7 Å². The molecule has 0 radical (unpaired) electrons. The number of aliphatic carboxylic acids is 1. The lowest BCUT2D eigenvalue weighted by molar-refractivity contribution is -0.136. The number of carboxylic acids is 1. The Bertz CT molecular complexity index is 432. The Balaban J connectivity index is 2.75. The zero-order valence-corrected chi connectivity index (χ0v) is 11.7. The Morgan fingerprint density at radius 3 is 2.65 bits per heavy atom. The molecule has 0 unspecified atom stereocenters. The average molecular weight is 347 g/mol. The van der Waals surface area contributed by atoms with Crippen LogP contribution >= 0.6 is 22.6 Å². The minimum Gasteiger partial charge on any atom is -0.481 e. The highest BCUT2D eigenvalue weighted by molar-refractivity contribution is 14.1. The standard InChI is InChI=1S/C12H14INO3/c1-2-3-11(15)14-10-5-4-8(6-9(10)13)7-12(16)17/h4-6H,2-3,7H2,1H3,(H,14,15)(H,16,17). The number of carboxylic acid groups (broad SMARTS) is 1. The molecule has 0 heterocycles. The first kappa shape index (κ1) is 14.0. The van der Waals surface area contributed by atoms with Crippen LogP contribution in [-0.4, -0.2) is 17.0 Å². The van der Waals surface area contributed by atoms with Crippen molar-refractivity contribution >= 4 is 40.2 Å². The van der Waals surface area contributed by atoms with Gasteiger partial charge in [0.05, 0.1) is 12.1 Å². The van der Waals surface area contributed by atoms with E-state index >= 15 is 0 Å². The smallest absolute Gasteiger partial charge is 0.307 e. The van der Waals surface area contributed by atoms with Crippen molar-refractivity contribution in [3.05, 3.63) is 27.3 Å². The van der Waals surface area contributed by atoms with Gasteiger partial charge in [-0.3, -0.25) is 9.59 Å². The van der Waals surface area contributed by atoms with Gasteiger partial charge in [-0.25, -0.2) is 0 Å². The second-order valence-electron chi connectivity index (χ2n) is 3.68. The minimum absolute atomic E-state index is 0.000806. The normalized spacial score (nSPS) is 10.0. The predicted molar refractivity (Wildman–Crippen MR) is 74.0 cm³/mol. The summed E-state index contributed by atoms with van der Waals surface area (Å²) in [5.41, 5.74) is 1.47. The summed E-state index contributed by atoms with van der Waals surface area (Å²) in [4.78, 5) is 22.0. The third-order valence-electron chi connectivity index (χ3n) is 2.14. The Labute approximate surface area is 114 Å². The highest BCUT2D eigenvalue weighted by Crippen LogP contribution is 2.20. The van der Waals surface area contributed by atoms with E-state index < -0.39 is 5.97 Å². The molecule has 5 heteroatoms. The molecule has 4 nitrogen and oxygen atoms in total. The first-order valence-electron chi connectivity index (χ1n) is 5.33. The molecule has 0 aliphatic carbocycles. The van der Waals surface area contributed by atoms with E-state index in [-0.39, 0.29) is 12.3 Å². The average Bonchev–Trinajstić information content (AvgIpc) is 2.21. The fraction of sp³-hybridized carbons (Fsp3) is 0.333. The van der Waals surface area contributed by atoms with Crippen LogP contribution in [0.5, 0.6) is 0 Å². The largest absolute Gasteiger partial charge is 0.481 e. The fourth-order valence-electron chi connectivity index (χ4n) is 1.38. The molecule has 0 aliphatic heterocycles. The van der Waals surface area contributed by atoms with E-state index in [1.54, 1.807) is 18.2 Å². The molecule has 0 saturated heterocycles. The van der Waals surface area contributed by atoms with E-state index in [0.717, 1.165) is 21.2 Å². The first-order valence-corrected chi connectivity index (χ1v) is 6.41. The first-order chi connectivity index (χ1) is 8.02. The maximum atomic E-state index is 11.4. The van der Waals surface area contributed by atoms with Crippen molar-refractivity contribution in [2.75, 3.05) is 5.32 Å². The molecule has 1 aromatic carbocycles. The molecule has 17 heavy (non-hydrogen) atoms. The summed E-state index contributed by atoms with van der Waals surface area (Å²) in [5, 5.41) is 11.5. The number of halogens is 1. The van der Waals surface area contributed by atoms with Gasteiger partial charge in [-0.1, -0.05) is 13.0 Å². The van der Waals surface area contributed by atoms with Crippen molar-refractivity contribution in [1.82, 2.24) is 0 Å². The summed E-state index contributed by atoms with van der Waals surface area (Å²) >= 11 is 2.09. The van der Waals surface area contributed by atoms with Crippen LogP contribution in [0.2, 0.25) is 0 Å². The van der Waals surface area contributed by atoms with Gasteiger partial charge in [0.15, 0.2) is 0 Å². The number of nitrogens with one attached hydrogen (secondary N) is 1. The monoisotopic (exact) mass is 347 g/mol. The minimum atomic E-state index is -0.858. The molecule has 1 aromatic rings. The fourth-order valence-corrected chi connectivity index (χ4v) is 2.10. The van der Waals surface area contributed by atoms with Gasteiger partial charge in [0.25, 0.3) is 0 Å². The molecular weight excluding hydrogens is 333 g/mol. The van der Waals surface area contributed by atoms with E-state index in [1.807, 2.05) is 6.92 Å². The van der Waals surface area contributed by atoms with Crippen LogP contribution in [0, 0.1) is 3.57 Å². The lowest BCUT2D eigenvalue weighted by atomic mass is 10.1. The SMILES string of the molecule is CCCC(=O)Nc1ccc(CC(=O)O)cc1I. The Hall–Kier alpha value is -1.11. The summed E-state index contributed by atoms with van der Waals surface area (Å²) < 4.78 is 0.853. The number of carbonyl (C=O) groups is 2. The molecule has 1 amide bonds. The van der Waals surface area contributed by atoms with Crippen molar-refractivity contribution in [2.24, 2.45) is 0 Å². The van der Waals surface area contributed by atoms with E-state index in [1.165, 1.54) is 0 Å². The van der Waals surface area contributed by atoms with Crippen molar-refractivity contribution in [3.63, 3.8) is 0 Å². The topological polar surface area (TPSA) is 66.4 Å². The summed E-state index contributed by atoms with van der Waals surface area (Å²) in [6, 6.07) is 5.24. The summed E-state index contributed by atoms with van der Waals surface area (Å²) in [6.07, 6.45) is 1.30. The zero-order chi connectivity index (χ0) is 12.8. The predicted octanol–water partition coefficient (Wildman–Crippen LogP) is 2.66. The van der Waals surface area contributed by atoms with Crippen LogP contribution in [0.25, 0.3) is 0 Å². The molecule has 0 spiro atoms. The maximum Gasteiger partial charge on any atom is 0.307 e. The molecule has 0 aromatic heterocycles. The van der Waals surface area contributed by atoms with E-state index in [4.69, 9.17) is 5.11 Å². The van der Waals surface area contributed by atoms with Crippen LogP contribution in [0.1, 0.15) is 25.3 Å². The molecule has 0 aliphatic rings. The number of rotatable bonds is 5. The van der Waals surface area contributed by atoms with Gasteiger partial charge in [0, 0.05) is 9.99 Å². The zero-order valence-electron chi connectivity index (χ0n) is 9.50. The van der Waals surface area contributed by atoms with Gasteiger partial charge < -0.3 is 10.4 Å². The maximum absolute atomic E-state index is 11.4. The second kappa shape index (κ2) is 6.58. The molecule has 2 N–H and O–H groups in total. The third kappa shape index (κ3) is 4.72. The molecule has 92 valence electrons. The van der Waals surface area contributed by atoms with Crippen LogP contribution in [0.3, 0.4) is 0 Å². The van der Waals surface area contributed by atoms with Crippen LogP contribution < -0.4 is 5.32 Å². The lowest BCUT2D eigenvalue weighted by Crippen LogP contribution is -2.12. The van der Waals surface area contributed by atoms with E-state index in [2.05, 4.69) is 27.9 Å². The molecule has 0 bridgehead atoms. The molecule has 0 atom stereocenters.